The molecule has 0 aliphatic heterocycles. The van der Waals surface area contributed by atoms with Crippen LogP contribution in [0.1, 0.15) is 65.2 Å². The average Bonchev–Trinajstić information content (AvgIpc) is 3.98. The number of non-ortho nitro benzene ring substituents is 2. The summed E-state index contributed by atoms with van der Waals surface area (Å²) in [5.41, 5.74) is 6.17. The van der Waals surface area contributed by atoms with Gasteiger partial charge in [0.1, 0.15) is 0 Å². The van der Waals surface area contributed by atoms with Gasteiger partial charge in [0.2, 0.25) is 0 Å². The second-order valence-corrected chi connectivity index (χ2v) is 17.0. The Bertz CT molecular complexity index is 2720. The highest BCUT2D eigenvalue weighted by atomic mass is 32.1. The van der Waals surface area contributed by atoms with Crippen LogP contribution in [0.3, 0.4) is 0 Å². The van der Waals surface area contributed by atoms with Crippen LogP contribution >= 0.6 is 22.7 Å². The third-order valence-electron chi connectivity index (χ3n) is 11.3. The minimum atomic E-state index is -0.293. The fourth-order valence-electron chi connectivity index (χ4n) is 8.72. The molecule has 0 saturated carbocycles. The number of nitro groups is 2. The van der Waals surface area contributed by atoms with Crippen molar-refractivity contribution in [2.45, 2.75) is 78.3 Å². The van der Waals surface area contributed by atoms with Crippen LogP contribution in [0.5, 0.6) is 0 Å². The number of nitrogens with zero attached hydrogens (tertiary/aromatic N) is 4. The summed E-state index contributed by atoms with van der Waals surface area (Å²) in [5, 5.41) is 30.9. The third-order valence-corrected chi connectivity index (χ3v) is 13.6. The van der Waals surface area contributed by atoms with Crippen molar-refractivity contribution in [3.8, 4) is 20.9 Å². The number of hydrogen-bond donors (Lipinski definition) is 0. The van der Waals surface area contributed by atoms with E-state index in [1.807, 2.05) is 12.1 Å². The predicted octanol–water partition coefficient (Wildman–Crippen LogP) is 14.6. The van der Waals surface area contributed by atoms with Gasteiger partial charge in [-0.25, -0.2) is 0 Å². The molecule has 4 aromatic heterocycles. The van der Waals surface area contributed by atoms with Crippen LogP contribution in [0.4, 0.5) is 11.4 Å². The molecule has 0 spiro atoms. The van der Waals surface area contributed by atoms with Gasteiger partial charge in [-0.1, -0.05) is 88.8 Å². The zero-order valence-corrected chi connectivity index (χ0v) is 33.2. The normalized spacial score (nSPS) is 12.0. The molecule has 10 heteroatoms. The molecule has 56 heavy (non-hydrogen) atoms. The summed E-state index contributed by atoms with van der Waals surface area (Å²) in [5.74, 6) is 0. The van der Waals surface area contributed by atoms with E-state index in [4.69, 9.17) is 0 Å². The minimum absolute atomic E-state index is 0.0593. The van der Waals surface area contributed by atoms with Crippen LogP contribution in [-0.2, 0) is 13.1 Å². The Morgan fingerprint density at radius 3 is 1.36 bits per heavy atom. The molecule has 0 amide bonds. The Balaban J connectivity index is 1.55. The molecule has 0 N–H and O–H groups in total. The van der Waals surface area contributed by atoms with Crippen LogP contribution in [0.2, 0.25) is 0 Å². The van der Waals surface area contributed by atoms with Gasteiger partial charge in [-0.2, -0.15) is 0 Å². The molecule has 9 aromatic rings. The summed E-state index contributed by atoms with van der Waals surface area (Å²) >= 11 is 3.47. The lowest BCUT2D eigenvalue weighted by atomic mass is 9.94. The molecule has 5 aromatic carbocycles. The number of rotatable bonds is 14. The summed E-state index contributed by atoms with van der Waals surface area (Å²) < 4.78 is 7.13. The standard InChI is InChI=1S/C46H42N4O4S2/c1-3-5-7-13-23-47-35-21-19-31(49(51)52)27-33(35)41-44(40-26-30-16-10-12-18-38(30)56-40)46-42(43(45(41)47)39-25-29-15-9-11-17-37(29)55-39)34-28-32(50(53)54)20-22-36(34)48(46)24-14-8-6-4-2/h9-12,15-22,25-28H,3-8,13-14,23-24H2,1-2H3. The first-order chi connectivity index (χ1) is 27.4. The Labute approximate surface area is 331 Å². The molecule has 282 valence electrons. The fourth-order valence-corrected chi connectivity index (χ4v) is 11.0. The van der Waals surface area contributed by atoms with E-state index in [-0.39, 0.29) is 21.2 Å². The first kappa shape index (κ1) is 36.1. The first-order valence-electron chi connectivity index (χ1n) is 19.7. The summed E-state index contributed by atoms with van der Waals surface area (Å²) in [4.78, 5) is 26.5. The topological polar surface area (TPSA) is 96.1 Å². The Hall–Kier alpha value is -5.58. The summed E-state index contributed by atoms with van der Waals surface area (Å²) in [6.45, 7) is 5.90. The molecule has 9 rings (SSSR count). The zero-order chi connectivity index (χ0) is 38.5. The third kappa shape index (κ3) is 6.03. The molecule has 0 fully saturated rings. The monoisotopic (exact) mass is 778 g/mol. The Morgan fingerprint density at radius 2 is 0.964 bits per heavy atom. The number of hydrogen-bond acceptors (Lipinski definition) is 6. The van der Waals surface area contributed by atoms with Crippen molar-refractivity contribution >= 4 is 97.8 Å². The SMILES string of the molecule is CCCCCCn1c2ccc([N+](=O)[O-])cc2c2c(-c3cc4ccccc4s3)c3c(c(-c4cc5ccccc5s4)c21)c1cc([N+](=O)[O-])ccc1n3CCCCCC. The maximum absolute atomic E-state index is 12.5. The van der Waals surface area contributed by atoms with Crippen molar-refractivity contribution in [3.05, 3.63) is 117 Å². The molecular formula is C46H42N4O4S2. The molecular weight excluding hydrogens is 737 g/mol. The average molecular weight is 779 g/mol. The molecule has 4 heterocycles. The highest BCUT2D eigenvalue weighted by molar-refractivity contribution is 7.23. The summed E-state index contributed by atoms with van der Waals surface area (Å²) in [6, 6.07) is 32.0. The molecule has 8 nitrogen and oxygen atoms in total. The van der Waals surface area contributed by atoms with E-state index in [0.29, 0.717) is 0 Å². The van der Waals surface area contributed by atoms with Gasteiger partial charge in [-0.3, -0.25) is 20.2 Å². The van der Waals surface area contributed by atoms with E-state index in [1.54, 1.807) is 46.9 Å². The van der Waals surface area contributed by atoms with Crippen molar-refractivity contribution < 1.29 is 9.85 Å². The second-order valence-electron chi connectivity index (χ2n) is 14.8. The van der Waals surface area contributed by atoms with Crippen molar-refractivity contribution in [2.75, 3.05) is 0 Å². The van der Waals surface area contributed by atoms with Crippen molar-refractivity contribution in [1.82, 2.24) is 9.13 Å². The maximum atomic E-state index is 12.5. The second kappa shape index (κ2) is 14.8. The van der Waals surface area contributed by atoms with Crippen LogP contribution in [0.25, 0.3) is 84.7 Å². The van der Waals surface area contributed by atoms with E-state index in [2.05, 4.69) is 83.6 Å². The zero-order valence-electron chi connectivity index (χ0n) is 31.5. The lowest BCUT2D eigenvalue weighted by Crippen LogP contribution is -2.02. The molecule has 0 radical (unpaired) electrons. The molecule has 0 atom stereocenters. The molecule has 0 unspecified atom stereocenters. The fraction of sp³-hybridized carbons (Fsp3) is 0.261. The van der Waals surface area contributed by atoms with Crippen LogP contribution in [0.15, 0.2) is 97.1 Å². The van der Waals surface area contributed by atoms with E-state index in [9.17, 15) is 20.2 Å². The summed E-state index contributed by atoms with van der Waals surface area (Å²) in [7, 11) is 0. The van der Waals surface area contributed by atoms with Crippen molar-refractivity contribution in [1.29, 1.82) is 0 Å². The smallest absolute Gasteiger partial charge is 0.270 e. The van der Waals surface area contributed by atoms with Crippen LogP contribution < -0.4 is 0 Å². The predicted molar refractivity (Wildman–Crippen MR) is 236 cm³/mol. The van der Waals surface area contributed by atoms with Gasteiger partial charge in [0, 0.05) is 100 Å². The van der Waals surface area contributed by atoms with E-state index in [0.717, 1.165) is 149 Å². The number of thiophene rings is 2. The van der Waals surface area contributed by atoms with Gasteiger partial charge in [0.25, 0.3) is 11.4 Å². The molecule has 0 bridgehead atoms. The lowest BCUT2D eigenvalue weighted by molar-refractivity contribution is -0.384. The van der Waals surface area contributed by atoms with Gasteiger partial charge in [0.05, 0.1) is 20.9 Å². The number of fused-ring (bicyclic) bond motifs is 8. The molecule has 0 saturated heterocycles. The number of nitro benzene ring substituents is 2. The van der Waals surface area contributed by atoms with Crippen LogP contribution in [-0.4, -0.2) is 19.0 Å². The minimum Gasteiger partial charge on any atom is -0.340 e. The number of aryl methyl sites for hydroxylation is 2. The van der Waals surface area contributed by atoms with Gasteiger partial charge < -0.3 is 9.13 Å². The maximum Gasteiger partial charge on any atom is 0.270 e. The number of aromatic nitrogens is 2. The first-order valence-corrected chi connectivity index (χ1v) is 21.4. The largest absolute Gasteiger partial charge is 0.340 e. The van der Waals surface area contributed by atoms with Crippen molar-refractivity contribution in [2.24, 2.45) is 0 Å². The van der Waals surface area contributed by atoms with E-state index >= 15 is 0 Å². The van der Waals surface area contributed by atoms with Gasteiger partial charge in [-0.05, 0) is 60.0 Å². The Kier molecular flexibility index (Phi) is 9.55. The van der Waals surface area contributed by atoms with Gasteiger partial charge in [-0.15, -0.1) is 22.7 Å². The van der Waals surface area contributed by atoms with Crippen LogP contribution in [0, 0.1) is 20.2 Å². The van der Waals surface area contributed by atoms with Gasteiger partial charge >= 0.3 is 0 Å². The lowest BCUT2D eigenvalue weighted by Gasteiger charge is -2.17. The van der Waals surface area contributed by atoms with E-state index < -0.39 is 0 Å². The Morgan fingerprint density at radius 1 is 0.536 bits per heavy atom. The highest BCUT2D eigenvalue weighted by Gasteiger charge is 2.30. The summed E-state index contributed by atoms with van der Waals surface area (Å²) in [6.07, 6.45) is 8.51. The molecule has 0 aliphatic carbocycles. The number of benzene rings is 5. The quantitative estimate of drug-likeness (QED) is 0.0624. The van der Waals surface area contributed by atoms with Gasteiger partial charge in [0.15, 0.2) is 0 Å². The van der Waals surface area contributed by atoms with E-state index in [1.165, 1.54) is 0 Å². The van der Waals surface area contributed by atoms with Crippen molar-refractivity contribution in [3.63, 3.8) is 0 Å². The number of unbranched alkanes of at least 4 members (excludes halogenated alkanes) is 6. The highest BCUT2D eigenvalue weighted by Crippen LogP contribution is 2.54. The molecule has 0 aliphatic rings.